The molecule has 2 aromatic rings. The van der Waals surface area contributed by atoms with Crippen LogP contribution < -0.4 is 20.1 Å². The average molecular weight is 406 g/mol. The van der Waals surface area contributed by atoms with Crippen molar-refractivity contribution in [1.82, 2.24) is 10.6 Å². The number of benzene rings is 2. The molecule has 0 aliphatic heterocycles. The third-order valence-corrected chi connectivity index (χ3v) is 4.05. The summed E-state index contributed by atoms with van der Waals surface area (Å²) in [7, 11) is 3.27. The summed E-state index contributed by atoms with van der Waals surface area (Å²) >= 11 is 3.48. The SMILES string of the molecule is CCNC(=NCc1cccc(Br)c1)NCc1ccc(OC)c(OC)c1. The van der Waals surface area contributed by atoms with Gasteiger partial charge in [0.1, 0.15) is 0 Å². The molecule has 2 N–H and O–H groups in total. The predicted octanol–water partition coefficient (Wildman–Crippen LogP) is 3.72. The number of hydrogen-bond acceptors (Lipinski definition) is 3. The largest absolute Gasteiger partial charge is 0.493 e. The van der Waals surface area contributed by atoms with Crippen LogP contribution in [0.5, 0.6) is 11.5 Å². The van der Waals surface area contributed by atoms with Crippen LogP contribution in [0.25, 0.3) is 0 Å². The Morgan fingerprint density at radius 3 is 2.48 bits per heavy atom. The molecule has 0 spiro atoms. The van der Waals surface area contributed by atoms with E-state index in [4.69, 9.17) is 9.47 Å². The summed E-state index contributed by atoms with van der Waals surface area (Å²) in [5.41, 5.74) is 2.24. The summed E-state index contributed by atoms with van der Waals surface area (Å²) < 4.78 is 11.7. The Balaban J connectivity index is 2.02. The number of methoxy groups -OCH3 is 2. The molecule has 2 aromatic carbocycles. The van der Waals surface area contributed by atoms with Crippen LogP contribution in [0.4, 0.5) is 0 Å². The number of ether oxygens (including phenoxy) is 2. The molecule has 0 amide bonds. The smallest absolute Gasteiger partial charge is 0.191 e. The number of nitrogens with one attached hydrogen (secondary N) is 2. The van der Waals surface area contributed by atoms with Crippen molar-refractivity contribution < 1.29 is 9.47 Å². The number of nitrogens with zero attached hydrogens (tertiary/aromatic N) is 1. The Kier molecular flexibility index (Phi) is 7.60. The fourth-order valence-electron chi connectivity index (χ4n) is 2.32. The van der Waals surface area contributed by atoms with E-state index >= 15 is 0 Å². The van der Waals surface area contributed by atoms with E-state index in [-0.39, 0.29) is 0 Å². The maximum atomic E-state index is 5.34. The van der Waals surface area contributed by atoms with Gasteiger partial charge in [-0.1, -0.05) is 34.1 Å². The third kappa shape index (κ3) is 5.98. The van der Waals surface area contributed by atoms with E-state index in [9.17, 15) is 0 Å². The van der Waals surface area contributed by atoms with Crippen molar-refractivity contribution in [3.05, 3.63) is 58.1 Å². The zero-order valence-electron chi connectivity index (χ0n) is 14.8. The molecule has 5 nitrogen and oxygen atoms in total. The van der Waals surface area contributed by atoms with Crippen molar-refractivity contribution in [2.24, 2.45) is 4.99 Å². The summed E-state index contributed by atoms with van der Waals surface area (Å²) in [6.45, 7) is 4.11. The molecule has 0 heterocycles. The van der Waals surface area contributed by atoms with E-state index in [2.05, 4.69) is 43.7 Å². The van der Waals surface area contributed by atoms with E-state index < -0.39 is 0 Å². The first-order valence-corrected chi connectivity index (χ1v) is 8.93. The topological polar surface area (TPSA) is 54.9 Å². The van der Waals surface area contributed by atoms with E-state index in [0.717, 1.165) is 39.6 Å². The number of halogens is 1. The molecule has 134 valence electrons. The van der Waals surface area contributed by atoms with Crippen molar-refractivity contribution >= 4 is 21.9 Å². The predicted molar refractivity (Wildman–Crippen MR) is 105 cm³/mol. The molecular weight excluding hydrogens is 382 g/mol. The van der Waals surface area contributed by atoms with Gasteiger partial charge in [0, 0.05) is 17.6 Å². The van der Waals surface area contributed by atoms with Gasteiger partial charge in [-0.05, 0) is 42.3 Å². The summed E-state index contributed by atoms with van der Waals surface area (Å²) in [5.74, 6) is 2.22. The van der Waals surface area contributed by atoms with E-state index in [1.165, 1.54) is 0 Å². The molecule has 2 rings (SSSR count). The lowest BCUT2D eigenvalue weighted by Gasteiger charge is -2.13. The van der Waals surface area contributed by atoms with Gasteiger partial charge in [-0.15, -0.1) is 0 Å². The Labute approximate surface area is 157 Å². The molecule has 0 saturated heterocycles. The highest BCUT2D eigenvalue weighted by Crippen LogP contribution is 2.27. The van der Waals surface area contributed by atoms with Gasteiger partial charge < -0.3 is 20.1 Å². The van der Waals surface area contributed by atoms with Crippen molar-refractivity contribution in [2.45, 2.75) is 20.0 Å². The third-order valence-electron chi connectivity index (χ3n) is 3.56. The Morgan fingerprint density at radius 2 is 1.80 bits per heavy atom. The summed E-state index contributed by atoms with van der Waals surface area (Å²) in [6.07, 6.45) is 0. The molecular formula is C19H24BrN3O2. The molecule has 25 heavy (non-hydrogen) atoms. The maximum absolute atomic E-state index is 5.34. The van der Waals surface area contributed by atoms with Crippen LogP contribution in [0.2, 0.25) is 0 Å². The second-order valence-electron chi connectivity index (χ2n) is 5.37. The molecule has 0 aliphatic carbocycles. The van der Waals surface area contributed by atoms with Crippen LogP contribution in [0.3, 0.4) is 0 Å². The first-order valence-electron chi connectivity index (χ1n) is 8.13. The lowest BCUT2D eigenvalue weighted by atomic mass is 10.2. The molecule has 0 aliphatic rings. The van der Waals surface area contributed by atoms with Gasteiger partial charge in [-0.3, -0.25) is 0 Å². The van der Waals surface area contributed by atoms with Crippen LogP contribution in [0, 0.1) is 0 Å². The Bertz CT molecular complexity index is 720. The molecule has 0 radical (unpaired) electrons. The van der Waals surface area contributed by atoms with Gasteiger partial charge in [0.15, 0.2) is 17.5 Å². The number of hydrogen-bond donors (Lipinski definition) is 2. The fraction of sp³-hybridized carbons (Fsp3) is 0.316. The molecule has 0 atom stereocenters. The zero-order valence-corrected chi connectivity index (χ0v) is 16.4. The molecule has 0 saturated carbocycles. The van der Waals surface area contributed by atoms with Crippen molar-refractivity contribution in [1.29, 1.82) is 0 Å². The van der Waals surface area contributed by atoms with Crippen LogP contribution in [0.15, 0.2) is 51.9 Å². The monoisotopic (exact) mass is 405 g/mol. The molecule has 0 unspecified atom stereocenters. The van der Waals surface area contributed by atoms with Crippen LogP contribution in [-0.2, 0) is 13.1 Å². The lowest BCUT2D eigenvalue weighted by Crippen LogP contribution is -2.36. The summed E-state index contributed by atoms with van der Waals surface area (Å²) in [5, 5.41) is 6.60. The average Bonchev–Trinajstić information content (AvgIpc) is 2.63. The normalized spacial score (nSPS) is 11.1. The lowest BCUT2D eigenvalue weighted by molar-refractivity contribution is 0.354. The van der Waals surface area contributed by atoms with Crippen LogP contribution in [-0.4, -0.2) is 26.7 Å². The van der Waals surface area contributed by atoms with Crippen molar-refractivity contribution in [2.75, 3.05) is 20.8 Å². The minimum Gasteiger partial charge on any atom is -0.493 e. The van der Waals surface area contributed by atoms with Gasteiger partial charge in [0.25, 0.3) is 0 Å². The highest BCUT2D eigenvalue weighted by molar-refractivity contribution is 9.10. The highest BCUT2D eigenvalue weighted by atomic mass is 79.9. The van der Waals surface area contributed by atoms with E-state index in [1.807, 2.05) is 37.3 Å². The maximum Gasteiger partial charge on any atom is 0.191 e. The second kappa shape index (κ2) is 9.93. The first kappa shape index (κ1) is 19.1. The molecule has 0 aromatic heterocycles. The minimum absolute atomic E-state index is 0.612. The number of aliphatic imine (C=N–C) groups is 1. The van der Waals surface area contributed by atoms with Gasteiger partial charge in [0.05, 0.1) is 20.8 Å². The molecule has 0 fully saturated rings. The van der Waals surface area contributed by atoms with Gasteiger partial charge >= 0.3 is 0 Å². The summed E-state index contributed by atoms with van der Waals surface area (Å²) in [6, 6.07) is 14.0. The van der Waals surface area contributed by atoms with Gasteiger partial charge in [0.2, 0.25) is 0 Å². The quantitative estimate of drug-likeness (QED) is 0.544. The molecule has 0 bridgehead atoms. The Hall–Kier alpha value is -2.21. The first-order chi connectivity index (χ1) is 12.2. The second-order valence-corrected chi connectivity index (χ2v) is 6.28. The summed E-state index contributed by atoms with van der Waals surface area (Å²) in [4.78, 5) is 4.63. The standard InChI is InChI=1S/C19H24BrN3O2/c1-4-21-19(22-12-14-6-5-7-16(20)10-14)23-13-15-8-9-17(24-2)18(11-15)25-3/h5-11H,4,12-13H2,1-3H3,(H2,21,22,23). The Morgan fingerprint density at radius 1 is 1.00 bits per heavy atom. The van der Waals surface area contributed by atoms with E-state index in [1.54, 1.807) is 14.2 Å². The van der Waals surface area contributed by atoms with Crippen LogP contribution in [0.1, 0.15) is 18.1 Å². The van der Waals surface area contributed by atoms with Crippen molar-refractivity contribution in [3.8, 4) is 11.5 Å². The highest BCUT2D eigenvalue weighted by Gasteiger charge is 2.05. The number of rotatable bonds is 7. The van der Waals surface area contributed by atoms with Gasteiger partial charge in [-0.2, -0.15) is 0 Å². The van der Waals surface area contributed by atoms with Gasteiger partial charge in [-0.25, -0.2) is 4.99 Å². The number of guanidine groups is 1. The molecule has 6 heteroatoms. The fourth-order valence-corrected chi connectivity index (χ4v) is 2.77. The van der Waals surface area contributed by atoms with E-state index in [0.29, 0.717) is 13.1 Å². The zero-order chi connectivity index (χ0) is 18.1. The van der Waals surface area contributed by atoms with Crippen molar-refractivity contribution in [3.63, 3.8) is 0 Å². The van der Waals surface area contributed by atoms with Crippen LogP contribution >= 0.6 is 15.9 Å². The minimum atomic E-state index is 0.612.